The highest BCUT2D eigenvalue weighted by atomic mass is 16.6. The van der Waals surface area contributed by atoms with Crippen LogP contribution in [0.3, 0.4) is 0 Å². The van der Waals surface area contributed by atoms with Crippen molar-refractivity contribution in [2.75, 3.05) is 337 Å². The van der Waals surface area contributed by atoms with Crippen LogP contribution >= 0.6 is 0 Å². The summed E-state index contributed by atoms with van der Waals surface area (Å²) in [6.45, 7) is 23.2. The van der Waals surface area contributed by atoms with Gasteiger partial charge in [-0.1, -0.05) is 6.42 Å². The molecule has 0 aromatic heterocycles. The molecule has 0 radical (unpaired) electrons. The average molecular weight is 1390 g/mol. The van der Waals surface area contributed by atoms with Gasteiger partial charge in [-0.3, -0.25) is 24.1 Å². The van der Waals surface area contributed by atoms with Crippen molar-refractivity contribution < 1.29 is 133 Å². The Morgan fingerprint density at radius 3 is 0.823 bits per heavy atom. The zero-order valence-electron chi connectivity index (χ0n) is 57.6. The molecular formula is C64H120N4O28. The molecule has 2 rings (SSSR count). The SMILES string of the molecule is COCCOCCOCCOCCOCCOCCOCCOCCOCCOCCOCCOCCOCCOCCOCCOCCOCCOCCOCCOCCOCCOCCOCCOCCNC(=O)C1CC(N)CN1C(=O)CCCCCN1C(=O)C=CC1=O. The lowest BCUT2D eigenvalue weighted by Crippen LogP contribution is -2.46. The number of likely N-dealkylation sites (tertiary alicyclic amines) is 1. The number of hydrogen-bond acceptors (Lipinski definition) is 29. The van der Waals surface area contributed by atoms with Gasteiger partial charge in [-0.25, -0.2) is 0 Å². The number of carbonyl (C=O) groups is 4. The van der Waals surface area contributed by atoms with Gasteiger partial charge in [-0.2, -0.15) is 0 Å². The highest BCUT2D eigenvalue weighted by Gasteiger charge is 2.37. The van der Waals surface area contributed by atoms with E-state index in [1.165, 1.54) is 17.1 Å². The molecule has 32 heteroatoms. The van der Waals surface area contributed by atoms with Gasteiger partial charge >= 0.3 is 0 Å². The molecule has 3 N–H and O–H groups in total. The quantitative estimate of drug-likeness (QED) is 0.0575. The maximum absolute atomic E-state index is 12.9. The molecule has 0 aliphatic carbocycles. The molecule has 0 spiro atoms. The van der Waals surface area contributed by atoms with Crippen molar-refractivity contribution in [1.82, 2.24) is 15.1 Å². The second-order valence-electron chi connectivity index (χ2n) is 20.9. The Balaban J connectivity index is 1.13. The number of nitrogens with zero attached hydrogens (tertiary/aromatic N) is 2. The van der Waals surface area contributed by atoms with Crippen molar-refractivity contribution in [1.29, 1.82) is 0 Å². The van der Waals surface area contributed by atoms with Crippen LogP contribution in [0, 0.1) is 0 Å². The second-order valence-corrected chi connectivity index (χ2v) is 20.9. The third-order valence-corrected chi connectivity index (χ3v) is 13.3. The van der Waals surface area contributed by atoms with Crippen LogP contribution in [-0.4, -0.2) is 383 Å². The summed E-state index contributed by atoms with van der Waals surface area (Å²) >= 11 is 0. The van der Waals surface area contributed by atoms with E-state index in [1.54, 1.807) is 12.0 Å². The van der Waals surface area contributed by atoms with Crippen LogP contribution in [0.15, 0.2) is 12.2 Å². The Morgan fingerprint density at radius 2 is 0.583 bits per heavy atom. The van der Waals surface area contributed by atoms with Gasteiger partial charge in [-0.05, 0) is 19.3 Å². The monoisotopic (exact) mass is 1390 g/mol. The molecule has 1 saturated heterocycles. The normalized spacial score (nSPS) is 14.8. The smallest absolute Gasteiger partial charge is 0.253 e. The van der Waals surface area contributed by atoms with E-state index in [2.05, 4.69) is 5.32 Å². The lowest BCUT2D eigenvalue weighted by molar-refractivity contribution is -0.138. The van der Waals surface area contributed by atoms with Crippen LogP contribution < -0.4 is 11.1 Å². The first kappa shape index (κ1) is 88.9. The summed E-state index contributed by atoms with van der Waals surface area (Å²) in [5, 5.41) is 2.84. The molecule has 32 nitrogen and oxygen atoms in total. The van der Waals surface area contributed by atoms with Gasteiger partial charge in [0.15, 0.2) is 0 Å². The summed E-state index contributed by atoms with van der Waals surface area (Å²) in [5.41, 5.74) is 6.10. The van der Waals surface area contributed by atoms with Crippen molar-refractivity contribution in [3.05, 3.63) is 12.2 Å². The minimum Gasteiger partial charge on any atom is -0.382 e. The fraction of sp³-hybridized carbons (Fsp3) is 0.906. The summed E-state index contributed by atoms with van der Waals surface area (Å²) in [6, 6.07) is -0.894. The number of amides is 4. The van der Waals surface area contributed by atoms with Gasteiger partial charge in [0.25, 0.3) is 11.8 Å². The maximum Gasteiger partial charge on any atom is 0.253 e. The van der Waals surface area contributed by atoms with Crippen LogP contribution in [0.1, 0.15) is 32.1 Å². The first-order valence-corrected chi connectivity index (χ1v) is 34.1. The number of rotatable bonds is 79. The summed E-state index contributed by atoms with van der Waals surface area (Å²) in [6.07, 6.45) is 5.04. The third kappa shape index (κ3) is 58.6. The van der Waals surface area contributed by atoms with Crippen molar-refractivity contribution >= 4 is 23.6 Å². The predicted octanol–water partition coefficient (Wildman–Crippen LogP) is -0.456. The number of ether oxygens (including phenoxy) is 24. The summed E-state index contributed by atoms with van der Waals surface area (Å²) in [4.78, 5) is 51.9. The van der Waals surface area contributed by atoms with Gasteiger partial charge in [0, 0.05) is 51.4 Å². The zero-order valence-corrected chi connectivity index (χ0v) is 57.6. The van der Waals surface area contributed by atoms with Gasteiger partial charge in [0.2, 0.25) is 11.8 Å². The molecule has 2 heterocycles. The standard InChI is InChI=1S/C64H120N4O28/c1-73-11-12-75-15-16-77-19-20-79-23-24-81-27-28-83-31-32-85-35-36-87-39-40-89-43-44-91-47-48-93-51-52-95-55-56-96-54-53-94-50-49-92-46-45-90-42-41-88-38-37-86-34-33-84-30-29-82-26-25-80-22-21-78-18-17-76-14-13-74-10-8-66-64(72)60-57-59(65)58-68(60)61(69)5-3-2-4-9-67-62(70)6-7-63(67)71/h6-7,59-60H,2-5,8-58,65H2,1H3,(H,66,72). The lowest BCUT2D eigenvalue weighted by atomic mass is 10.1. The van der Waals surface area contributed by atoms with Crippen LogP contribution in [0.2, 0.25) is 0 Å². The van der Waals surface area contributed by atoms with E-state index in [0.717, 1.165) is 0 Å². The number of carbonyl (C=O) groups excluding carboxylic acids is 4. The Bertz CT molecular complexity index is 1740. The fourth-order valence-corrected chi connectivity index (χ4v) is 8.36. The number of unbranched alkanes of at least 4 members (excludes halogenated alkanes) is 2. The third-order valence-electron chi connectivity index (χ3n) is 13.3. The minimum atomic E-state index is -0.621. The Morgan fingerprint density at radius 1 is 0.354 bits per heavy atom. The molecule has 2 aliphatic heterocycles. The topological polar surface area (TPSA) is 334 Å². The summed E-state index contributed by atoms with van der Waals surface area (Å²) < 4.78 is 132. The van der Waals surface area contributed by atoms with Crippen molar-refractivity contribution in [3.8, 4) is 0 Å². The summed E-state index contributed by atoms with van der Waals surface area (Å²) in [7, 11) is 1.64. The van der Waals surface area contributed by atoms with Gasteiger partial charge in [0.05, 0.1) is 311 Å². The van der Waals surface area contributed by atoms with Crippen molar-refractivity contribution in [2.24, 2.45) is 5.73 Å². The molecule has 0 aromatic carbocycles. The van der Waals surface area contributed by atoms with Crippen LogP contribution in [0.25, 0.3) is 0 Å². The molecule has 564 valence electrons. The number of methoxy groups -OCH3 is 1. The molecule has 1 fully saturated rings. The van der Waals surface area contributed by atoms with Gasteiger partial charge < -0.3 is 130 Å². The maximum atomic E-state index is 12.9. The van der Waals surface area contributed by atoms with Crippen LogP contribution in [0.4, 0.5) is 0 Å². The first-order valence-electron chi connectivity index (χ1n) is 34.1. The molecule has 4 amide bonds. The first-order chi connectivity index (χ1) is 47.4. The van der Waals surface area contributed by atoms with E-state index in [4.69, 9.17) is 119 Å². The number of hydrogen-bond donors (Lipinski definition) is 2. The molecule has 96 heavy (non-hydrogen) atoms. The molecule has 0 aromatic rings. The van der Waals surface area contributed by atoms with Crippen molar-refractivity contribution in [3.63, 3.8) is 0 Å². The van der Waals surface area contributed by atoms with Crippen molar-refractivity contribution in [2.45, 2.75) is 44.2 Å². The van der Waals surface area contributed by atoms with E-state index in [-0.39, 0.29) is 36.1 Å². The van der Waals surface area contributed by atoms with Gasteiger partial charge in [0.1, 0.15) is 6.04 Å². The number of imide groups is 1. The fourth-order valence-electron chi connectivity index (χ4n) is 8.36. The largest absolute Gasteiger partial charge is 0.382 e. The molecule has 0 bridgehead atoms. The highest BCUT2D eigenvalue weighted by Crippen LogP contribution is 2.19. The van der Waals surface area contributed by atoms with Crippen LogP contribution in [0.5, 0.6) is 0 Å². The van der Waals surface area contributed by atoms with E-state index in [0.29, 0.717) is 356 Å². The molecule has 2 unspecified atom stereocenters. The highest BCUT2D eigenvalue weighted by molar-refractivity contribution is 6.12. The Hall–Kier alpha value is -3.18. The van der Waals surface area contributed by atoms with E-state index in [9.17, 15) is 19.2 Å². The Kier molecular flexibility index (Phi) is 66.3. The zero-order chi connectivity index (χ0) is 68.6. The van der Waals surface area contributed by atoms with Crippen LogP contribution in [-0.2, 0) is 133 Å². The average Bonchev–Trinajstić information content (AvgIpc) is 1.77. The van der Waals surface area contributed by atoms with E-state index < -0.39 is 6.04 Å². The summed E-state index contributed by atoms with van der Waals surface area (Å²) in [5.74, 6) is -1.01. The molecular weight excluding hydrogens is 1270 g/mol. The number of nitrogens with two attached hydrogens (primary N) is 1. The predicted molar refractivity (Wildman–Crippen MR) is 346 cm³/mol. The second kappa shape index (κ2) is 71.6. The molecule has 0 saturated carbocycles. The van der Waals surface area contributed by atoms with Gasteiger partial charge in [-0.15, -0.1) is 0 Å². The number of nitrogens with one attached hydrogen (secondary N) is 1. The molecule has 2 atom stereocenters. The van der Waals surface area contributed by atoms with E-state index >= 15 is 0 Å². The molecule has 2 aliphatic rings. The lowest BCUT2D eigenvalue weighted by Gasteiger charge is -2.24. The minimum absolute atomic E-state index is 0.132. The van der Waals surface area contributed by atoms with E-state index in [1.807, 2.05) is 0 Å². The Labute approximate surface area is 569 Å².